The molecule has 0 aliphatic carbocycles. The molecule has 6 nitrogen and oxygen atoms in total. The molecule has 2 aliphatic heterocycles. The highest BCUT2D eigenvalue weighted by Gasteiger charge is 2.43. The minimum atomic E-state index is 0.0324. The number of hydrogen-bond acceptors (Lipinski definition) is 5. The Morgan fingerprint density at radius 3 is 2.50 bits per heavy atom. The van der Waals surface area contributed by atoms with Gasteiger partial charge in [0.05, 0.1) is 17.3 Å². The number of likely N-dealkylation sites (tertiary alicyclic amines) is 2. The fourth-order valence-electron chi connectivity index (χ4n) is 3.75. The van der Waals surface area contributed by atoms with Gasteiger partial charge in [0.25, 0.3) is 11.8 Å². The number of furan rings is 1. The van der Waals surface area contributed by atoms with Gasteiger partial charge in [-0.1, -0.05) is 0 Å². The Bertz CT molecular complexity index is 718. The van der Waals surface area contributed by atoms with Gasteiger partial charge in [0.2, 0.25) is 0 Å². The summed E-state index contributed by atoms with van der Waals surface area (Å²) in [5.74, 6) is 0.0667. The molecule has 24 heavy (non-hydrogen) atoms. The zero-order chi connectivity index (χ0) is 16.6. The molecular weight excluding hydrogens is 326 g/mol. The van der Waals surface area contributed by atoms with Crippen LogP contribution in [0.25, 0.3) is 0 Å². The van der Waals surface area contributed by atoms with E-state index >= 15 is 0 Å². The number of nitrogens with zero attached hydrogens (tertiary/aromatic N) is 3. The summed E-state index contributed by atoms with van der Waals surface area (Å²) in [5.41, 5.74) is 3.00. The van der Waals surface area contributed by atoms with E-state index in [1.807, 2.05) is 9.80 Å². The van der Waals surface area contributed by atoms with Gasteiger partial charge >= 0.3 is 0 Å². The zero-order valence-corrected chi connectivity index (χ0v) is 14.1. The number of carbonyl (C=O) groups excluding carboxylic acids is 2. The molecule has 0 radical (unpaired) electrons. The van der Waals surface area contributed by atoms with Gasteiger partial charge in [0, 0.05) is 31.6 Å². The monoisotopic (exact) mass is 345 g/mol. The number of hydrogen-bond donors (Lipinski definition) is 0. The van der Waals surface area contributed by atoms with Crippen LogP contribution in [0.3, 0.4) is 0 Å². The molecule has 0 bridgehead atoms. The predicted octanol–water partition coefficient (Wildman–Crippen LogP) is 2.50. The zero-order valence-electron chi connectivity index (χ0n) is 13.3. The van der Waals surface area contributed by atoms with Crippen molar-refractivity contribution in [2.75, 3.05) is 26.2 Å². The van der Waals surface area contributed by atoms with Gasteiger partial charge in [-0.2, -0.15) is 0 Å². The van der Waals surface area contributed by atoms with Gasteiger partial charge in [-0.05, 0) is 30.7 Å². The fourth-order valence-corrected chi connectivity index (χ4v) is 4.28. The maximum Gasteiger partial charge on any atom is 0.273 e. The molecule has 2 fully saturated rings. The van der Waals surface area contributed by atoms with E-state index in [1.54, 1.807) is 17.0 Å². The van der Waals surface area contributed by atoms with Crippen molar-refractivity contribution in [3.63, 3.8) is 0 Å². The van der Waals surface area contributed by atoms with Crippen molar-refractivity contribution in [2.24, 2.45) is 5.41 Å². The molecule has 0 aromatic carbocycles. The van der Waals surface area contributed by atoms with Crippen LogP contribution in [0.2, 0.25) is 0 Å². The maximum atomic E-state index is 12.5. The normalized spacial score (nSPS) is 19.8. The molecule has 2 amide bonds. The first-order valence-corrected chi connectivity index (χ1v) is 9.10. The van der Waals surface area contributed by atoms with E-state index in [1.165, 1.54) is 23.9 Å². The molecule has 0 atom stereocenters. The SMILES string of the molecule is O=C(c1ccoc1)N1CCC2(CC1)CCN(C(=O)c1cscn1)C2. The Balaban J connectivity index is 1.37. The third kappa shape index (κ3) is 2.73. The second kappa shape index (κ2) is 6.05. The van der Waals surface area contributed by atoms with Crippen LogP contribution in [0.1, 0.15) is 40.1 Å². The van der Waals surface area contributed by atoms with E-state index < -0.39 is 0 Å². The number of thiazole rings is 1. The molecule has 2 aromatic heterocycles. The highest BCUT2D eigenvalue weighted by molar-refractivity contribution is 7.07. The topological polar surface area (TPSA) is 66.7 Å². The molecule has 2 saturated heterocycles. The summed E-state index contributed by atoms with van der Waals surface area (Å²) in [5, 5.41) is 1.81. The lowest BCUT2D eigenvalue weighted by Gasteiger charge is -2.39. The second-order valence-corrected chi connectivity index (χ2v) is 7.37. The Kier molecular flexibility index (Phi) is 3.88. The Labute approximate surface area is 144 Å². The lowest BCUT2D eigenvalue weighted by Crippen LogP contribution is -2.44. The van der Waals surface area contributed by atoms with Crippen molar-refractivity contribution in [3.05, 3.63) is 40.7 Å². The predicted molar refractivity (Wildman–Crippen MR) is 88.9 cm³/mol. The molecule has 0 unspecified atom stereocenters. The first-order chi connectivity index (χ1) is 11.7. The molecule has 2 aromatic rings. The van der Waals surface area contributed by atoms with E-state index in [2.05, 4.69) is 4.98 Å². The van der Waals surface area contributed by atoms with Crippen LogP contribution in [-0.2, 0) is 0 Å². The summed E-state index contributed by atoms with van der Waals surface area (Å²) in [6, 6.07) is 1.70. The average Bonchev–Trinajstić information content (AvgIpc) is 3.36. The van der Waals surface area contributed by atoms with Crippen LogP contribution in [-0.4, -0.2) is 52.8 Å². The van der Waals surface area contributed by atoms with Crippen molar-refractivity contribution in [1.29, 1.82) is 0 Å². The molecule has 0 saturated carbocycles. The van der Waals surface area contributed by atoms with Crippen molar-refractivity contribution in [2.45, 2.75) is 19.3 Å². The molecule has 4 rings (SSSR count). The van der Waals surface area contributed by atoms with Gasteiger partial charge in [-0.3, -0.25) is 9.59 Å². The summed E-state index contributed by atoms with van der Waals surface area (Å²) in [4.78, 5) is 32.8. The number of carbonyl (C=O) groups is 2. The quantitative estimate of drug-likeness (QED) is 0.839. The molecular formula is C17H19N3O3S. The first kappa shape index (κ1) is 15.4. The van der Waals surface area contributed by atoms with E-state index in [-0.39, 0.29) is 17.2 Å². The van der Waals surface area contributed by atoms with Crippen LogP contribution in [0, 0.1) is 5.41 Å². The number of amides is 2. The summed E-state index contributed by atoms with van der Waals surface area (Å²) in [7, 11) is 0. The Hall–Kier alpha value is -2.15. The van der Waals surface area contributed by atoms with E-state index in [0.29, 0.717) is 11.3 Å². The Morgan fingerprint density at radius 2 is 1.88 bits per heavy atom. The third-order valence-electron chi connectivity index (χ3n) is 5.26. The first-order valence-electron chi connectivity index (χ1n) is 8.16. The van der Waals surface area contributed by atoms with Crippen LogP contribution in [0.4, 0.5) is 0 Å². The van der Waals surface area contributed by atoms with Crippen molar-refractivity contribution >= 4 is 23.2 Å². The van der Waals surface area contributed by atoms with E-state index in [0.717, 1.165) is 45.4 Å². The summed E-state index contributed by atoms with van der Waals surface area (Å²) >= 11 is 1.45. The van der Waals surface area contributed by atoms with E-state index in [4.69, 9.17) is 4.42 Å². The molecule has 1 spiro atoms. The lowest BCUT2D eigenvalue weighted by atomic mass is 9.77. The molecule has 126 valence electrons. The Morgan fingerprint density at radius 1 is 1.12 bits per heavy atom. The van der Waals surface area contributed by atoms with Crippen LogP contribution >= 0.6 is 11.3 Å². The molecule has 2 aliphatic rings. The van der Waals surface area contributed by atoms with Crippen molar-refractivity contribution in [1.82, 2.24) is 14.8 Å². The van der Waals surface area contributed by atoms with Crippen LogP contribution in [0.15, 0.2) is 33.9 Å². The van der Waals surface area contributed by atoms with Crippen LogP contribution < -0.4 is 0 Å². The average molecular weight is 345 g/mol. The summed E-state index contributed by atoms with van der Waals surface area (Å²) in [6.07, 6.45) is 5.92. The standard InChI is InChI=1S/C17H19N3O3S/c21-15(13-1-8-23-9-13)19-5-2-17(3-6-19)4-7-20(11-17)16(22)14-10-24-12-18-14/h1,8-10,12H,2-7,11H2. The van der Waals surface area contributed by atoms with Gasteiger partial charge < -0.3 is 14.2 Å². The fraction of sp³-hybridized carbons (Fsp3) is 0.471. The van der Waals surface area contributed by atoms with Crippen molar-refractivity contribution < 1.29 is 14.0 Å². The summed E-state index contributed by atoms with van der Waals surface area (Å²) < 4.78 is 5.00. The van der Waals surface area contributed by atoms with Crippen LogP contribution in [0.5, 0.6) is 0 Å². The molecule has 0 N–H and O–H groups in total. The van der Waals surface area contributed by atoms with E-state index in [9.17, 15) is 9.59 Å². The van der Waals surface area contributed by atoms with Gasteiger partial charge in [0.1, 0.15) is 12.0 Å². The number of aromatic nitrogens is 1. The minimum absolute atomic E-state index is 0.0324. The smallest absolute Gasteiger partial charge is 0.273 e. The minimum Gasteiger partial charge on any atom is -0.472 e. The number of rotatable bonds is 2. The molecule has 7 heteroatoms. The van der Waals surface area contributed by atoms with Gasteiger partial charge in [-0.15, -0.1) is 11.3 Å². The number of piperidine rings is 1. The molecule has 4 heterocycles. The maximum absolute atomic E-state index is 12.5. The highest BCUT2D eigenvalue weighted by atomic mass is 32.1. The highest BCUT2D eigenvalue weighted by Crippen LogP contribution is 2.41. The second-order valence-electron chi connectivity index (χ2n) is 6.65. The third-order valence-corrected chi connectivity index (χ3v) is 5.84. The largest absolute Gasteiger partial charge is 0.472 e. The summed E-state index contributed by atoms with van der Waals surface area (Å²) in [6.45, 7) is 3.04. The van der Waals surface area contributed by atoms with Gasteiger partial charge in [0.15, 0.2) is 0 Å². The van der Waals surface area contributed by atoms with Crippen molar-refractivity contribution in [3.8, 4) is 0 Å². The van der Waals surface area contributed by atoms with Gasteiger partial charge in [-0.25, -0.2) is 4.98 Å². The lowest BCUT2D eigenvalue weighted by molar-refractivity contribution is 0.0564.